The number of carboxylic acids is 1. The number of aromatic carboxylic acids is 1. The summed E-state index contributed by atoms with van der Waals surface area (Å²) in [5.74, 6) is 0.819. The summed E-state index contributed by atoms with van der Waals surface area (Å²) in [6.45, 7) is 3.58. The van der Waals surface area contributed by atoms with Crippen LogP contribution in [0, 0.1) is 6.92 Å². The van der Waals surface area contributed by atoms with Gasteiger partial charge in [-0.1, -0.05) is 11.2 Å². The van der Waals surface area contributed by atoms with Gasteiger partial charge in [0.2, 0.25) is 5.89 Å². The molecule has 21 heavy (non-hydrogen) atoms. The highest BCUT2D eigenvalue weighted by Crippen LogP contribution is 2.12. The van der Waals surface area contributed by atoms with Crippen molar-refractivity contribution >= 4 is 5.97 Å². The van der Waals surface area contributed by atoms with E-state index in [-0.39, 0.29) is 5.56 Å². The lowest BCUT2D eigenvalue weighted by Crippen LogP contribution is -2.23. The second kappa shape index (κ2) is 7.39. The summed E-state index contributed by atoms with van der Waals surface area (Å²) in [5.41, 5.74) is 0.215. The SMILES string of the molecule is Cc1noc(CCNCCOc2cccc(C(=O)O)c2)n1. The van der Waals surface area contributed by atoms with Gasteiger partial charge in [-0.25, -0.2) is 4.79 Å². The highest BCUT2D eigenvalue weighted by Gasteiger charge is 2.04. The maximum absolute atomic E-state index is 10.8. The van der Waals surface area contributed by atoms with Crippen molar-refractivity contribution in [3.05, 3.63) is 41.5 Å². The number of benzene rings is 1. The molecule has 1 heterocycles. The third-order valence-corrected chi connectivity index (χ3v) is 2.71. The monoisotopic (exact) mass is 291 g/mol. The lowest BCUT2D eigenvalue weighted by molar-refractivity contribution is 0.0696. The van der Waals surface area contributed by atoms with Crippen LogP contribution in [0.4, 0.5) is 0 Å². The van der Waals surface area contributed by atoms with Gasteiger partial charge in [-0.15, -0.1) is 0 Å². The molecule has 0 aliphatic rings. The van der Waals surface area contributed by atoms with E-state index < -0.39 is 5.97 Å². The van der Waals surface area contributed by atoms with Gasteiger partial charge >= 0.3 is 5.97 Å². The van der Waals surface area contributed by atoms with Crippen molar-refractivity contribution in [3.63, 3.8) is 0 Å². The molecule has 0 aliphatic carbocycles. The van der Waals surface area contributed by atoms with E-state index in [1.807, 2.05) is 0 Å². The summed E-state index contributed by atoms with van der Waals surface area (Å²) in [6, 6.07) is 6.42. The Kier molecular flexibility index (Phi) is 5.28. The second-order valence-corrected chi connectivity index (χ2v) is 4.42. The van der Waals surface area contributed by atoms with Gasteiger partial charge < -0.3 is 19.7 Å². The standard InChI is InChI=1S/C14H17N3O4/c1-10-16-13(21-17-10)5-6-15-7-8-20-12-4-2-3-11(9-12)14(18)19/h2-4,9,15H,5-8H2,1H3,(H,18,19). The molecule has 0 bridgehead atoms. The molecule has 0 unspecified atom stereocenters. The summed E-state index contributed by atoms with van der Waals surface area (Å²) >= 11 is 0. The second-order valence-electron chi connectivity index (χ2n) is 4.42. The summed E-state index contributed by atoms with van der Waals surface area (Å²) in [7, 11) is 0. The highest BCUT2D eigenvalue weighted by molar-refractivity contribution is 5.87. The van der Waals surface area contributed by atoms with Gasteiger partial charge in [0.05, 0.1) is 5.56 Å². The molecule has 1 aromatic carbocycles. The highest BCUT2D eigenvalue weighted by atomic mass is 16.5. The number of aromatic nitrogens is 2. The molecule has 2 aromatic rings. The largest absolute Gasteiger partial charge is 0.492 e. The Morgan fingerprint density at radius 1 is 1.43 bits per heavy atom. The molecule has 0 spiro atoms. The smallest absolute Gasteiger partial charge is 0.335 e. The van der Waals surface area contributed by atoms with Crippen molar-refractivity contribution < 1.29 is 19.2 Å². The first-order valence-electron chi connectivity index (χ1n) is 6.61. The molecule has 0 fully saturated rings. The first kappa shape index (κ1) is 15.0. The molecule has 1 aromatic heterocycles. The van der Waals surface area contributed by atoms with E-state index in [0.717, 1.165) is 0 Å². The van der Waals surface area contributed by atoms with Gasteiger partial charge in [-0.2, -0.15) is 4.98 Å². The fraction of sp³-hybridized carbons (Fsp3) is 0.357. The van der Waals surface area contributed by atoms with Crippen LogP contribution in [0.25, 0.3) is 0 Å². The minimum atomic E-state index is -0.964. The third-order valence-electron chi connectivity index (χ3n) is 2.71. The van der Waals surface area contributed by atoms with Crippen LogP contribution in [0.2, 0.25) is 0 Å². The van der Waals surface area contributed by atoms with E-state index >= 15 is 0 Å². The third kappa shape index (κ3) is 4.88. The number of hydrogen-bond acceptors (Lipinski definition) is 6. The minimum Gasteiger partial charge on any atom is -0.492 e. The summed E-state index contributed by atoms with van der Waals surface area (Å²) in [5, 5.41) is 15.8. The molecule has 7 nitrogen and oxygen atoms in total. The van der Waals surface area contributed by atoms with Crippen LogP contribution in [0.15, 0.2) is 28.8 Å². The zero-order chi connectivity index (χ0) is 15.1. The molecule has 7 heteroatoms. The van der Waals surface area contributed by atoms with Crippen molar-refractivity contribution in [2.24, 2.45) is 0 Å². The van der Waals surface area contributed by atoms with Crippen molar-refractivity contribution in [3.8, 4) is 5.75 Å². The summed E-state index contributed by atoms with van der Waals surface area (Å²) in [4.78, 5) is 14.9. The van der Waals surface area contributed by atoms with Crippen molar-refractivity contribution in [1.29, 1.82) is 0 Å². The van der Waals surface area contributed by atoms with Crippen LogP contribution in [-0.4, -0.2) is 40.9 Å². The normalized spacial score (nSPS) is 10.5. The van der Waals surface area contributed by atoms with Gasteiger partial charge in [0.1, 0.15) is 12.4 Å². The average Bonchev–Trinajstić information content (AvgIpc) is 2.88. The number of hydrogen-bond donors (Lipinski definition) is 2. The molecule has 0 saturated heterocycles. The van der Waals surface area contributed by atoms with Gasteiger partial charge in [-0.05, 0) is 25.1 Å². The van der Waals surface area contributed by atoms with Crippen LogP contribution < -0.4 is 10.1 Å². The lowest BCUT2D eigenvalue weighted by atomic mass is 10.2. The Morgan fingerprint density at radius 2 is 2.29 bits per heavy atom. The van der Waals surface area contributed by atoms with Crippen molar-refractivity contribution in [1.82, 2.24) is 15.5 Å². The number of aryl methyl sites for hydroxylation is 1. The van der Waals surface area contributed by atoms with Gasteiger partial charge in [0.15, 0.2) is 5.82 Å². The van der Waals surface area contributed by atoms with Gasteiger partial charge in [-0.3, -0.25) is 0 Å². The predicted octanol–water partition coefficient (Wildman–Crippen LogP) is 1.29. The predicted molar refractivity (Wildman–Crippen MR) is 74.5 cm³/mol. The number of carbonyl (C=O) groups is 1. The lowest BCUT2D eigenvalue weighted by Gasteiger charge is -2.07. The first-order chi connectivity index (χ1) is 10.1. The molecular formula is C14H17N3O4. The van der Waals surface area contributed by atoms with E-state index in [4.69, 9.17) is 14.4 Å². The van der Waals surface area contributed by atoms with Crippen LogP contribution in [0.5, 0.6) is 5.75 Å². The Hall–Kier alpha value is -2.41. The van der Waals surface area contributed by atoms with Crippen LogP contribution in [0.1, 0.15) is 22.1 Å². The van der Waals surface area contributed by atoms with Crippen molar-refractivity contribution in [2.45, 2.75) is 13.3 Å². The van der Waals surface area contributed by atoms with Gasteiger partial charge in [0.25, 0.3) is 0 Å². The van der Waals surface area contributed by atoms with Crippen LogP contribution in [-0.2, 0) is 6.42 Å². The van der Waals surface area contributed by atoms with Gasteiger partial charge in [0, 0.05) is 19.5 Å². The van der Waals surface area contributed by atoms with E-state index in [0.29, 0.717) is 43.6 Å². The Bertz CT molecular complexity index is 597. The van der Waals surface area contributed by atoms with E-state index in [1.165, 1.54) is 12.1 Å². The number of nitrogens with one attached hydrogen (secondary N) is 1. The molecule has 0 aliphatic heterocycles. The molecule has 0 atom stereocenters. The number of carboxylic acid groups (broad SMARTS) is 1. The Labute approximate surface area is 121 Å². The number of ether oxygens (including phenoxy) is 1. The van der Waals surface area contributed by atoms with Crippen molar-refractivity contribution in [2.75, 3.05) is 19.7 Å². The topological polar surface area (TPSA) is 97.5 Å². The molecule has 2 rings (SSSR count). The molecule has 0 amide bonds. The first-order valence-corrected chi connectivity index (χ1v) is 6.61. The quantitative estimate of drug-likeness (QED) is 0.707. The van der Waals surface area contributed by atoms with Crippen LogP contribution in [0.3, 0.4) is 0 Å². The maximum Gasteiger partial charge on any atom is 0.335 e. The Balaban J connectivity index is 1.63. The molecule has 112 valence electrons. The minimum absolute atomic E-state index is 0.215. The van der Waals surface area contributed by atoms with E-state index in [2.05, 4.69) is 15.5 Å². The average molecular weight is 291 g/mol. The number of nitrogens with zero attached hydrogens (tertiary/aromatic N) is 2. The molecular weight excluding hydrogens is 274 g/mol. The van der Waals surface area contributed by atoms with Crippen LogP contribution >= 0.6 is 0 Å². The fourth-order valence-electron chi connectivity index (χ4n) is 1.72. The zero-order valence-corrected chi connectivity index (χ0v) is 11.7. The Morgan fingerprint density at radius 3 is 3.00 bits per heavy atom. The maximum atomic E-state index is 10.8. The summed E-state index contributed by atoms with van der Waals surface area (Å²) in [6.07, 6.45) is 0.662. The van der Waals surface area contributed by atoms with E-state index in [1.54, 1.807) is 19.1 Å². The number of rotatable bonds is 8. The fourth-order valence-corrected chi connectivity index (χ4v) is 1.72. The molecule has 0 radical (unpaired) electrons. The zero-order valence-electron chi connectivity index (χ0n) is 11.7. The molecule has 0 saturated carbocycles. The summed E-state index contributed by atoms with van der Waals surface area (Å²) < 4.78 is 10.5. The molecule has 2 N–H and O–H groups in total. The van der Waals surface area contributed by atoms with E-state index in [9.17, 15) is 4.79 Å².